The van der Waals surface area contributed by atoms with Crippen LogP contribution in [0, 0.1) is 0 Å². The number of carbonyl (C=O) groups excluding carboxylic acids is 1. The van der Waals surface area contributed by atoms with E-state index in [2.05, 4.69) is 0 Å². The van der Waals surface area contributed by atoms with E-state index in [4.69, 9.17) is 9.84 Å². The number of benzene rings is 1. The van der Waals surface area contributed by atoms with Crippen LogP contribution in [-0.4, -0.2) is 23.7 Å². The Kier molecular flexibility index (Phi) is 7.04. The second-order valence-corrected chi connectivity index (χ2v) is 2.60. The van der Waals surface area contributed by atoms with Crippen molar-refractivity contribution in [3.8, 4) is 0 Å². The minimum atomic E-state index is -1.01. The topological polar surface area (TPSA) is 63.6 Å². The molecule has 4 nitrogen and oxygen atoms in total. The molecule has 0 aliphatic heterocycles. The van der Waals surface area contributed by atoms with Crippen LogP contribution in [0.25, 0.3) is 0 Å². The van der Waals surface area contributed by atoms with Crippen LogP contribution < -0.4 is 51.4 Å². The Labute approximate surface area is 132 Å². The first-order valence-corrected chi connectivity index (χ1v) is 4.15. The molecule has 0 spiro atoms. The fraction of sp³-hybridized carbons (Fsp3) is 0.200. The second-order valence-electron chi connectivity index (χ2n) is 2.60. The number of esters is 1. The number of hydrogen-bond donors (Lipinski definition) is 1. The molecule has 0 aliphatic rings. The molecule has 0 unspecified atom stereocenters. The van der Waals surface area contributed by atoms with Crippen molar-refractivity contribution >= 4 is 11.9 Å². The summed E-state index contributed by atoms with van der Waals surface area (Å²) in [6.07, 6.45) is 0. The molecular weight excluding hydrogens is 223 g/mol. The molecule has 1 aromatic carbocycles. The monoisotopic (exact) mass is 234 g/mol. The average Bonchev–Trinajstić information content (AvgIpc) is 2.18. The number of carbonyl (C=O) groups is 2. The molecule has 0 heterocycles. The van der Waals surface area contributed by atoms with Crippen molar-refractivity contribution in [1.82, 2.24) is 0 Å². The molecule has 1 rings (SSSR count). The predicted octanol–water partition coefficient (Wildman–Crippen LogP) is -1.32. The Bertz CT molecular complexity index is 350. The summed E-state index contributed by atoms with van der Waals surface area (Å²) in [4.78, 5) is 21.6. The van der Waals surface area contributed by atoms with Gasteiger partial charge in [0.05, 0.1) is 17.7 Å². The normalized spacial score (nSPS) is 8.87. The molecule has 0 aromatic heterocycles. The van der Waals surface area contributed by atoms with E-state index in [1.165, 1.54) is 24.3 Å². The molecule has 1 aromatic rings. The van der Waals surface area contributed by atoms with Crippen LogP contribution in [0.15, 0.2) is 24.3 Å². The molecule has 0 saturated carbocycles. The molecule has 0 fully saturated rings. The van der Waals surface area contributed by atoms with Crippen molar-refractivity contribution in [3.05, 3.63) is 35.4 Å². The van der Waals surface area contributed by atoms with Gasteiger partial charge in [0.15, 0.2) is 0 Å². The number of aromatic carboxylic acids is 1. The maximum atomic E-state index is 11.2. The number of rotatable bonds is 3. The quantitative estimate of drug-likeness (QED) is 0.520. The smallest absolute Gasteiger partial charge is 1.00 e. The Balaban J connectivity index is 0. The first-order chi connectivity index (χ1) is 6.65. The summed E-state index contributed by atoms with van der Waals surface area (Å²) in [5.74, 6) is -1.45. The van der Waals surface area contributed by atoms with Gasteiger partial charge in [-0.3, -0.25) is 0 Å². The third-order valence-electron chi connectivity index (χ3n) is 1.64. The molecule has 15 heavy (non-hydrogen) atoms. The van der Waals surface area contributed by atoms with E-state index in [0.29, 0.717) is 12.2 Å². The van der Waals surface area contributed by atoms with E-state index in [0.717, 1.165) is 0 Å². The summed E-state index contributed by atoms with van der Waals surface area (Å²) in [7, 11) is 0. The van der Waals surface area contributed by atoms with Crippen molar-refractivity contribution in [2.45, 2.75) is 6.92 Å². The minimum Gasteiger partial charge on any atom is -1.00 e. The van der Waals surface area contributed by atoms with Gasteiger partial charge >= 0.3 is 63.3 Å². The summed E-state index contributed by atoms with van der Waals surface area (Å²) in [6, 6.07) is 5.60. The third kappa shape index (κ3) is 4.44. The summed E-state index contributed by atoms with van der Waals surface area (Å²) in [5, 5.41) is 8.60. The number of hydrogen-bond acceptors (Lipinski definition) is 3. The van der Waals surface area contributed by atoms with Crippen LogP contribution in [0.3, 0.4) is 0 Å². The fourth-order valence-electron chi connectivity index (χ4n) is 0.963. The summed E-state index contributed by atoms with van der Waals surface area (Å²) < 4.78 is 4.74. The van der Waals surface area contributed by atoms with Crippen LogP contribution in [0.1, 0.15) is 29.1 Å². The van der Waals surface area contributed by atoms with Gasteiger partial charge < -0.3 is 11.3 Å². The van der Waals surface area contributed by atoms with Crippen LogP contribution >= 0.6 is 0 Å². The minimum absolute atomic E-state index is 0. The summed E-state index contributed by atoms with van der Waals surface area (Å²) in [5.41, 5.74) is 0.509. The van der Waals surface area contributed by atoms with Crippen LogP contribution in [0.5, 0.6) is 0 Å². The molecule has 0 atom stereocenters. The first-order valence-electron chi connectivity index (χ1n) is 4.15. The Morgan fingerprint density at radius 3 is 2.13 bits per heavy atom. The SMILES string of the molecule is CCOC(=O)c1ccc(C(=O)O)cc1.[H-].[K+]. The van der Waals surface area contributed by atoms with E-state index in [9.17, 15) is 9.59 Å². The van der Waals surface area contributed by atoms with Gasteiger partial charge in [-0.25, -0.2) is 9.59 Å². The fourth-order valence-corrected chi connectivity index (χ4v) is 0.963. The van der Waals surface area contributed by atoms with Crippen molar-refractivity contribution in [2.24, 2.45) is 0 Å². The number of carboxylic acids is 1. The van der Waals surface area contributed by atoms with Gasteiger partial charge in [0, 0.05) is 0 Å². The molecular formula is C10H11KO4. The van der Waals surface area contributed by atoms with Gasteiger partial charge in [-0.2, -0.15) is 0 Å². The summed E-state index contributed by atoms with van der Waals surface area (Å²) >= 11 is 0. The van der Waals surface area contributed by atoms with Crippen LogP contribution in [0.2, 0.25) is 0 Å². The van der Waals surface area contributed by atoms with Gasteiger partial charge in [-0.1, -0.05) is 0 Å². The zero-order chi connectivity index (χ0) is 10.6. The Morgan fingerprint density at radius 1 is 1.27 bits per heavy atom. The molecule has 0 bridgehead atoms. The average molecular weight is 234 g/mol. The first kappa shape index (κ1) is 14.8. The predicted molar refractivity (Wildman–Crippen MR) is 50.5 cm³/mol. The van der Waals surface area contributed by atoms with E-state index < -0.39 is 11.9 Å². The maximum absolute atomic E-state index is 11.2. The van der Waals surface area contributed by atoms with Crippen molar-refractivity contribution < 1.29 is 72.2 Å². The number of ether oxygens (including phenoxy) is 1. The van der Waals surface area contributed by atoms with Gasteiger partial charge in [-0.05, 0) is 31.2 Å². The molecule has 0 radical (unpaired) electrons. The van der Waals surface area contributed by atoms with E-state index in [-0.39, 0.29) is 58.4 Å². The van der Waals surface area contributed by atoms with E-state index in [1.807, 2.05) is 0 Å². The molecule has 1 N–H and O–H groups in total. The largest absolute Gasteiger partial charge is 1.00 e. The van der Waals surface area contributed by atoms with Crippen molar-refractivity contribution in [2.75, 3.05) is 6.61 Å². The molecule has 0 saturated heterocycles. The van der Waals surface area contributed by atoms with Gasteiger partial charge in [0.25, 0.3) is 0 Å². The molecule has 0 aliphatic carbocycles. The Morgan fingerprint density at radius 2 is 1.73 bits per heavy atom. The van der Waals surface area contributed by atoms with E-state index >= 15 is 0 Å². The van der Waals surface area contributed by atoms with Crippen molar-refractivity contribution in [1.29, 1.82) is 0 Å². The zero-order valence-electron chi connectivity index (χ0n) is 9.69. The number of carboxylic acid groups (broad SMARTS) is 1. The maximum Gasteiger partial charge on any atom is 1.00 e. The molecule has 0 amide bonds. The summed E-state index contributed by atoms with van der Waals surface area (Å²) in [6.45, 7) is 2.02. The van der Waals surface area contributed by atoms with Gasteiger partial charge in [0.2, 0.25) is 0 Å². The zero-order valence-corrected chi connectivity index (χ0v) is 11.8. The van der Waals surface area contributed by atoms with E-state index in [1.54, 1.807) is 6.92 Å². The standard InChI is InChI=1S/C10H10O4.K.H/c1-2-14-10(13)8-5-3-7(4-6-8)9(11)12;;/h3-6H,2H2,1H3,(H,11,12);;/q;+1;-1. The third-order valence-corrected chi connectivity index (χ3v) is 1.64. The van der Waals surface area contributed by atoms with Crippen LogP contribution in [0.4, 0.5) is 0 Å². The second kappa shape index (κ2) is 7.13. The Hall–Kier alpha value is -0.204. The molecule has 76 valence electrons. The van der Waals surface area contributed by atoms with Gasteiger partial charge in [-0.15, -0.1) is 0 Å². The molecule has 5 heteroatoms. The van der Waals surface area contributed by atoms with Gasteiger partial charge in [0.1, 0.15) is 0 Å². The van der Waals surface area contributed by atoms with Crippen LogP contribution in [-0.2, 0) is 4.74 Å². The van der Waals surface area contributed by atoms with Crippen molar-refractivity contribution in [3.63, 3.8) is 0 Å².